The highest BCUT2D eigenvalue weighted by molar-refractivity contribution is 5.79. The molecular weight excluding hydrogens is 260 g/mol. The van der Waals surface area contributed by atoms with Crippen LogP contribution in [-0.2, 0) is 0 Å². The van der Waals surface area contributed by atoms with Crippen LogP contribution in [0.25, 0.3) is 10.9 Å². The highest BCUT2D eigenvalue weighted by atomic mass is 15.0. The second-order valence-electron chi connectivity index (χ2n) is 4.97. The Kier molecular flexibility index (Phi) is 3.88. The monoisotopic (exact) mass is 278 g/mol. The van der Waals surface area contributed by atoms with Crippen molar-refractivity contribution in [1.82, 2.24) is 20.3 Å². The lowest BCUT2D eigenvalue weighted by molar-refractivity contribution is 0.612. The molecule has 2 aromatic heterocycles. The van der Waals surface area contributed by atoms with Gasteiger partial charge in [0.15, 0.2) is 0 Å². The molecule has 0 saturated carbocycles. The van der Waals surface area contributed by atoms with E-state index in [1.54, 1.807) is 0 Å². The minimum absolute atomic E-state index is 0.0707. The zero-order valence-electron chi connectivity index (χ0n) is 12.2. The molecule has 0 amide bonds. The van der Waals surface area contributed by atoms with Crippen LogP contribution >= 0.6 is 0 Å². The topological polar surface area (TPSA) is 50.7 Å². The first kappa shape index (κ1) is 13.6. The van der Waals surface area contributed by atoms with Crippen LogP contribution in [0.5, 0.6) is 0 Å². The summed E-state index contributed by atoms with van der Waals surface area (Å²) in [6.07, 6.45) is 3.63. The fourth-order valence-electron chi connectivity index (χ4n) is 2.51. The van der Waals surface area contributed by atoms with Crippen molar-refractivity contribution in [3.8, 4) is 0 Å². The third kappa shape index (κ3) is 2.90. The van der Waals surface area contributed by atoms with Gasteiger partial charge in [-0.3, -0.25) is 4.98 Å². The Hall–Kier alpha value is -2.33. The average Bonchev–Trinajstić information content (AvgIpc) is 2.52. The van der Waals surface area contributed by atoms with Gasteiger partial charge in [-0.2, -0.15) is 0 Å². The first-order valence-corrected chi connectivity index (χ1v) is 7.15. The van der Waals surface area contributed by atoms with Gasteiger partial charge in [0.05, 0.1) is 17.3 Å². The molecule has 21 heavy (non-hydrogen) atoms. The summed E-state index contributed by atoms with van der Waals surface area (Å²) < 4.78 is 0. The number of hydrogen-bond donors (Lipinski definition) is 1. The van der Waals surface area contributed by atoms with E-state index in [1.807, 2.05) is 31.5 Å². The number of hydrogen-bond acceptors (Lipinski definition) is 4. The standard InChI is InChI=1S/C17H18N4/c1-3-18-17(16-8-10-19-12(2)21-16)14-6-7-15-13(11-14)5-4-9-20-15/h4-11,17-18H,3H2,1-2H3. The Morgan fingerprint density at radius 3 is 2.81 bits per heavy atom. The Labute approximate surface area is 124 Å². The van der Waals surface area contributed by atoms with Crippen molar-refractivity contribution in [1.29, 1.82) is 0 Å². The van der Waals surface area contributed by atoms with Gasteiger partial charge in [-0.15, -0.1) is 0 Å². The molecule has 1 unspecified atom stereocenters. The molecule has 1 atom stereocenters. The van der Waals surface area contributed by atoms with Crippen LogP contribution in [0.4, 0.5) is 0 Å². The lowest BCUT2D eigenvalue weighted by Crippen LogP contribution is -2.23. The largest absolute Gasteiger partial charge is 0.305 e. The Morgan fingerprint density at radius 2 is 2.00 bits per heavy atom. The highest BCUT2D eigenvalue weighted by Crippen LogP contribution is 2.23. The molecule has 0 spiro atoms. The van der Waals surface area contributed by atoms with E-state index in [9.17, 15) is 0 Å². The normalized spacial score (nSPS) is 12.5. The van der Waals surface area contributed by atoms with Crippen molar-refractivity contribution in [2.24, 2.45) is 0 Å². The number of benzene rings is 1. The zero-order chi connectivity index (χ0) is 14.7. The maximum absolute atomic E-state index is 4.56. The molecule has 1 N–H and O–H groups in total. The van der Waals surface area contributed by atoms with Crippen molar-refractivity contribution >= 4 is 10.9 Å². The Bertz CT molecular complexity index is 754. The predicted octanol–water partition coefficient (Wildman–Crippen LogP) is 3.03. The van der Waals surface area contributed by atoms with Crippen molar-refractivity contribution < 1.29 is 0 Å². The number of nitrogens with zero attached hydrogens (tertiary/aromatic N) is 3. The molecular formula is C17H18N4. The smallest absolute Gasteiger partial charge is 0.125 e. The molecule has 3 aromatic rings. The maximum atomic E-state index is 4.56. The molecule has 0 aliphatic rings. The molecule has 4 nitrogen and oxygen atoms in total. The molecule has 106 valence electrons. The SMILES string of the molecule is CCNC(c1ccc2ncccc2c1)c1ccnc(C)n1. The van der Waals surface area contributed by atoms with Crippen molar-refractivity contribution in [3.05, 3.63) is 65.9 Å². The third-order valence-corrected chi connectivity index (χ3v) is 3.46. The molecule has 0 radical (unpaired) electrons. The first-order chi connectivity index (χ1) is 10.3. The molecule has 0 saturated heterocycles. The highest BCUT2D eigenvalue weighted by Gasteiger charge is 2.15. The van der Waals surface area contributed by atoms with Crippen LogP contribution < -0.4 is 5.32 Å². The van der Waals surface area contributed by atoms with Gasteiger partial charge >= 0.3 is 0 Å². The number of aryl methyl sites for hydroxylation is 1. The lowest BCUT2D eigenvalue weighted by Gasteiger charge is -2.18. The maximum Gasteiger partial charge on any atom is 0.125 e. The molecule has 3 rings (SSSR count). The van der Waals surface area contributed by atoms with Crippen LogP contribution in [0.15, 0.2) is 48.8 Å². The minimum atomic E-state index is 0.0707. The van der Waals surface area contributed by atoms with Crippen LogP contribution in [0.1, 0.15) is 30.0 Å². The Balaban J connectivity index is 2.06. The number of rotatable bonds is 4. The summed E-state index contributed by atoms with van der Waals surface area (Å²) >= 11 is 0. The minimum Gasteiger partial charge on any atom is -0.305 e. The van der Waals surface area contributed by atoms with Gasteiger partial charge < -0.3 is 5.32 Å². The van der Waals surface area contributed by atoms with E-state index in [0.29, 0.717) is 0 Å². The van der Waals surface area contributed by atoms with E-state index < -0.39 is 0 Å². The fourth-order valence-corrected chi connectivity index (χ4v) is 2.51. The molecule has 2 heterocycles. The van der Waals surface area contributed by atoms with Crippen molar-refractivity contribution in [2.75, 3.05) is 6.54 Å². The molecule has 0 aliphatic carbocycles. The van der Waals surface area contributed by atoms with Gasteiger partial charge in [-0.25, -0.2) is 9.97 Å². The van der Waals surface area contributed by atoms with Crippen molar-refractivity contribution in [2.45, 2.75) is 19.9 Å². The summed E-state index contributed by atoms with van der Waals surface area (Å²) in [7, 11) is 0. The predicted molar refractivity (Wildman–Crippen MR) is 84.0 cm³/mol. The van der Waals surface area contributed by atoms with Gasteiger partial charge in [-0.1, -0.05) is 19.1 Å². The number of aromatic nitrogens is 3. The lowest BCUT2D eigenvalue weighted by atomic mass is 10.0. The molecule has 0 bridgehead atoms. The molecule has 0 aliphatic heterocycles. The summed E-state index contributed by atoms with van der Waals surface area (Å²) in [5.74, 6) is 0.790. The van der Waals surface area contributed by atoms with E-state index in [-0.39, 0.29) is 6.04 Å². The summed E-state index contributed by atoms with van der Waals surface area (Å²) in [6.45, 7) is 4.89. The summed E-state index contributed by atoms with van der Waals surface area (Å²) in [5, 5.41) is 4.64. The van der Waals surface area contributed by atoms with E-state index >= 15 is 0 Å². The Morgan fingerprint density at radius 1 is 1.10 bits per heavy atom. The van der Waals surface area contributed by atoms with Gasteiger partial charge in [0.1, 0.15) is 5.82 Å². The van der Waals surface area contributed by atoms with E-state index in [1.165, 1.54) is 5.56 Å². The van der Waals surface area contributed by atoms with Gasteiger partial charge in [0.25, 0.3) is 0 Å². The van der Waals surface area contributed by atoms with Crippen LogP contribution in [-0.4, -0.2) is 21.5 Å². The summed E-state index contributed by atoms with van der Waals surface area (Å²) in [5.41, 5.74) is 3.19. The summed E-state index contributed by atoms with van der Waals surface area (Å²) in [4.78, 5) is 13.1. The second kappa shape index (κ2) is 5.97. The molecule has 1 aromatic carbocycles. The van der Waals surface area contributed by atoms with Crippen molar-refractivity contribution in [3.63, 3.8) is 0 Å². The van der Waals surface area contributed by atoms with Crippen LogP contribution in [0.3, 0.4) is 0 Å². The molecule has 4 heteroatoms. The fraction of sp³-hybridized carbons (Fsp3) is 0.235. The first-order valence-electron chi connectivity index (χ1n) is 7.15. The van der Waals surface area contributed by atoms with E-state index in [2.05, 4.69) is 51.5 Å². The summed E-state index contributed by atoms with van der Waals surface area (Å²) in [6, 6.07) is 12.4. The van der Waals surface area contributed by atoms with Gasteiger partial charge in [0, 0.05) is 17.8 Å². The van der Waals surface area contributed by atoms with E-state index in [0.717, 1.165) is 29.0 Å². The van der Waals surface area contributed by atoms with Gasteiger partial charge in [-0.05, 0) is 43.3 Å². The number of fused-ring (bicyclic) bond motifs is 1. The zero-order valence-corrected chi connectivity index (χ0v) is 12.2. The second-order valence-corrected chi connectivity index (χ2v) is 4.97. The average molecular weight is 278 g/mol. The number of nitrogens with one attached hydrogen (secondary N) is 1. The van der Waals surface area contributed by atoms with Gasteiger partial charge in [0.2, 0.25) is 0 Å². The van der Waals surface area contributed by atoms with Crippen LogP contribution in [0.2, 0.25) is 0 Å². The molecule has 0 fully saturated rings. The number of pyridine rings is 1. The third-order valence-electron chi connectivity index (χ3n) is 3.46. The van der Waals surface area contributed by atoms with Crippen LogP contribution in [0, 0.1) is 6.92 Å². The quantitative estimate of drug-likeness (QED) is 0.797. The van der Waals surface area contributed by atoms with E-state index in [4.69, 9.17) is 0 Å².